The Bertz CT molecular complexity index is 240. The van der Waals surface area contributed by atoms with Gasteiger partial charge in [0, 0.05) is 6.61 Å². The first-order valence-corrected chi connectivity index (χ1v) is 8.44. The van der Waals surface area contributed by atoms with E-state index in [9.17, 15) is 9.90 Å². The summed E-state index contributed by atoms with van der Waals surface area (Å²) in [4.78, 5) is 11.4. The van der Waals surface area contributed by atoms with Crippen LogP contribution in [-0.4, -0.2) is 23.3 Å². The van der Waals surface area contributed by atoms with Crippen molar-refractivity contribution in [1.29, 1.82) is 0 Å². The summed E-state index contributed by atoms with van der Waals surface area (Å²) in [7, 11) is 0. The zero-order valence-electron chi connectivity index (χ0n) is 13.7. The maximum Gasteiger partial charge on any atom is 0.335 e. The van der Waals surface area contributed by atoms with Crippen molar-refractivity contribution in [3.8, 4) is 0 Å². The van der Waals surface area contributed by atoms with Gasteiger partial charge in [0.2, 0.25) is 0 Å². The van der Waals surface area contributed by atoms with Crippen LogP contribution in [0.25, 0.3) is 0 Å². The van der Waals surface area contributed by atoms with Gasteiger partial charge < -0.3 is 9.84 Å². The normalized spacial score (nSPS) is 14.2. The molecule has 3 nitrogen and oxygen atoms in total. The van der Waals surface area contributed by atoms with E-state index < -0.39 is 11.6 Å². The fourth-order valence-corrected chi connectivity index (χ4v) is 2.31. The highest BCUT2D eigenvalue weighted by atomic mass is 16.5. The number of ether oxygens (including phenoxy) is 1. The highest BCUT2D eigenvalue weighted by Crippen LogP contribution is 2.21. The van der Waals surface area contributed by atoms with Gasteiger partial charge in [0.25, 0.3) is 0 Å². The molecule has 3 heteroatoms. The van der Waals surface area contributed by atoms with Crippen LogP contribution in [0, 0.1) is 0 Å². The van der Waals surface area contributed by atoms with Gasteiger partial charge >= 0.3 is 5.97 Å². The third-order valence-electron chi connectivity index (χ3n) is 3.88. The highest BCUT2D eigenvalue weighted by Gasteiger charge is 2.33. The molecule has 0 spiro atoms. The topological polar surface area (TPSA) is 46.5 Å². The Kier molecular flexibility index (Phi) is 11.8. The van der Waals surface area contributed by atoms with Gasteiger partial charge in [0.15, 0.2) is 5.60 Å². The van der Waals surface area contributed by atoms with E-state index in [-0.39, 0.29) is 0 Å². The molecule has 0 aliphatic heterocycles. The van der Waals surface area contributed by atoms with Crippen LogP contribution in [0.1, 0.15) is 91.4 Å². The quantitative estimate of drug-likeness (QED) is 0.448. The SMILES string of the molecule is CCCCCCCCC(C)(OCCCCCC)C(=O)O. The molecule has 0 aromatic rings. The van der Waals surface area contributed by atoms with Gasteiger partial charge in [0.05, 0.1) is 0 Å². The molecule has 1 N–H and O–H groups in total. The molecule has 0 fully saturated rings. The number of carbonyl (C=O) groups is 1. The molecule has 0 aliphatic rings. The minimum Gasteiger partial charge on any atom is -0.479 e. The van der Waals surface area contributed by atoms with Crippen LogP contribution in [0.15, 0.2) is 0 Å². The Balaban J connectivity index is 3.84. The van der Waals surface area contributed by atoms with Gasteiger partial charge in [-0.05, 0) is 26.2 Å². The molecule has 0 rings (SSSR count). The molecular formula is C17H34O3. The summed E-state index contributed by atoms with van der Waals surface area (Å²) in [5.74, 6) is -0.818. The first-order chi connectivity index (χ1) is 9.56. The first-order valence-electron chi connectivity index (χ1n) is 8.44. The zero-order chi connectivity index (χ0) is 15.3. The van der Waals surface area contributed by atoms with Crippen LogP contribution in [-0.2, 0) is 9.53 Å². The predicted octanol–water partition coefficient (Wildman–Crippen LogP) is 5.18. The van der Waals surface area contributed by atoms with Gasteiger partial charge in [-0.15, -0.1) is 0 Å². The second kappa shape index (κ2) is 12.2. The van der Waals surface area contributed by atoms with Crippen molar-refractivity contribution in [2.75, 3.05) is 6.61 Å². The van der Waals surface area contributed by atoms with Crippen LogP contribution in [0.4, 0.5) is 0 Å². The van der Waals surface area contributed by atoms with E-state index in [0.717, 1.165) is 25.7 Å². The summed E-state index contributed by atoms with van der Waals surface area (Å²) in [6.07, 6.45) is 12.2. The maximum atomic E-state index is 11.4. The predicted molar refractivity (Wildman–Crippen MR) is 84.1 cm³/mol. The third-order valence-corrected chi connectivity index (χ3v) is 3.88. The largest absolute Gasteiger partial charge is 0.479 e. The number of hydrogen-bond donors (Lipinski definition) is 1. The molecule has 0 bridgehead atoms. The Morgan fingerprint density at radius 2 is 1.40 bits per heavy atom. The summed E-state index contributed by atoms with van der Waals surface area (Å²) in [5, 5.41) is 9.35. The van der Waals surface area contributed by atoms with Crippen LogP contribution in [0.3, 0.4) is 0 Å². The summed E-state index contributed by atoms with van der Waals surface area (Å²) < 4.78 is 5.67. The van der Waals surface area contributed by atoms with Crippen molar-refractivity contribution in [3.05, 3.63) is 0 Å². The molecule has 0 aromatic carbocycles. The fraction of sp³-hybridized carbons (Fsp3) is 0.941. The molecule has 0 saturated carbocycles. The Morgan fingerprint density at radius 3 is 1.95 bits per heavy atom. The molecule has 0 saturated heterocycles. The van der Waals surface area contributed by atoms with Gasteiger partial charge in [0.1, 0.15) is 0 Å². The number of unbranched alkanes of at least 4 members (excludes halogenated alkanes) is 8. The molecular weight excluding hydrogens is 252 g/mol. The van der Waals surface area contributed by atoms with E-state index in [1.165, 1.54) is 38.5 Å². The maximum absolute atomic E-state index is 11.4. The van der Waals surface area contributed by atoms with Crippen molar-refractivity contribution in [3.63, 3.8) is 0 Å². The van der Waals surface area contributed by atoms with Crippen molar-refractivity contribution >= 4 is 5.97 Å². The minimum absolute atomic E-state index is 0.568. The van der Waals surface area contributed by atoms with Gasteiger partial charge in [-0.2, -0.15) is 0 Å². The van der Waals surface area contributed by atoms with Crippen LogP contribution < -0.4 is 0 Å². The summed E-state index contributed by atoms with van der Waals surface area (Å²) in [6, 6.07) is 0. The van der Waals surface area contributed by atoms with Crippen molar-refractivity contribution in [2.45, 2.75) is 97.0 Å². The number of rotatable bonds is 14. The van der Waals surface area contributed by atoms with E-state index in [1.54, 1.807) is 6.92 Å². The van der Waals surface area contributed by atoms with Crippen LogP contribution in [0.2, 0.25) is 0 Å². The Labute approximate surface area is 125 Å². The van der Waals surface area contributed by atoms with Crippen molar-refractivity contribution in [2.24, 2.45) is 0 Å². The Morgan fingerprint density at radius 1 is 0.900 bits per heavy atom. The van der Waals surface area contributed by atoms with E-state index in [1.807, 2.05) is 0 Å². The minimum atomic E-state index is -0.989. The van der Waals surface area contributed by atoms with Gasteiger partial charge in [-0.25, -0.2) is 4.79 Å². The van der Waals surface area contributed by atoms with Crippen LogP contribution in [0.5, 0.6) is 0 Å². The third kappa shape index (κ3) is 9.35. The first kappa shape index (κ1) is 19.4. The highest BCUT2D eigenvalue weighted by molar-refractivity contribution is 5.76. The summed E-state index contributed by atoms with van der Waals surface area (Å²) in [6.45, 7) is 6.66. The molecule has 0 aromatic heterocycles. The molecule has 1 unspecified atom stereocenters. The molecule has 0 heterocycles. The van der Waals surface area contributed by atoms with Crippen molar-refractivity contribution in [1.82, 2.24) is 0 Å². The lowest BCUT2D eigenvalue weighted by Gasteiger charge is -2.25. The molecule has 20 heavy (non-hydrogen) atoms. The second-order valence-electron chi connectivity index (χ2n) is 5.96. The average molecular weight is 286 g/mol. The van der Waals surface area contributed by atoms with Crippen molar-refractivity contribution < 1.29 is 14.6 Å². The van der Waals surface area contributed by atoms with Gasteiger partial charge in [-0.1, -0.05) is 65.2 Å². The second-order valence-corrected chi connectivity index (χ2v) is 5.96. The molecule has 0 radical (unpaired) electrons. The lowest BCUT2D eigenvalue weighted by Crippen LogP contribution is -2.38. The van der Waals surface area contributed by atoms with E-state index in [2.05, 4.69) is 13.8 Å². The smallest absolute Gasteiger partial charge is 0.335 e. The lowest BCUT2D eigenvalue weighted by molar-refractivity contribution is -0.165. The van der Waals surface area contributed by atoms with Crippen LogP contribution >= 0.6 is 0 Å². The number of aliphatic carboxylic acids is 1. The van der Waals surface area contributed by atoms with E-state index in [4.69, 9.17) is 4.74 Å². The fourth-order valence-electron chi connectivity index (χ4n) is 2.31. The van der Waals surface area contributed by atoms with E-state index in [0.29, 0.717) is 13.0 Å². The molecule has 0 amide bonds. The van der Waals surface area contributed by atoms with E-state index >= 15 is 0 Å². The number of carboxylic acids is 1. The Hall–Kier alpha value is -0.570. The average Bonchev–Trinajstić information content (AvgIpc) is 2.42. The molecule has 0 aliphatic carbocycles. The van der Waals surface area contributed by atoms with Gasteiger partial charge in [-0.3, -0.25) is 0 Å². The summed E-state index contributed by atoms with van der Waals surface area (Å²) >= 11 is 0. The lowest BCUT2D eigenvalue weighted by atomic mass is 9.97. The summed E-state index contributed by atoms with van der Waals surface area (Å²) in [5.41, 5.74) is -0.989. The molecule has 120 valence electrons. The standard InChI is InChI=1S/C17H34O3/c1-4-6-8-10-11-12-14-17(3,16(18)19)20-15-13-9-7-5-2/h4-15H2,1-3H3,(H,18,19). The molecule has 1 atom stereocenters. The number of hydrogen-bond acceptors (Lipinski definition) is 2. The number of carboxylic acid groups (broad SMARTS) is 1. The monoisotopic (exact) mass is 286 g/mol. The zero-order valence-corrected chi connectivity index (χ0v) is 13.7.